The number of hydrogen-bond donors (Lipinski definition) is 3. The van der Waals surface area contributed by atoms with Crippen LogP contribution in [0.25, 0.3) is 22.3 Å². The molecule has 5 heterocycles. The minimum absolute atomic E-state index is 0.0620. The number of amides is 2. The van der Waals surface area contributed by atoms with E-state index in [0.29, 0.717) is 60.5 Å². The molecule has 2 aromatic heterocycles. The number of carbonyl (C=O) groups is 2. The number of carbonyl (C=O) groups excluding carboxylic acids is 2. The summed E-state index contributed by atoms with van der Waals surface area (Å²) in [6.07, 6.45) is 2.39. The summed E-state index contributed by atoms with van der Waals surface area (Å²) in [5.74, 6) is 0.230. The van der Waals surface area contributed by atoms with Crippen LogP contribution >= 0.6 is 11.6 Å². The zero-order chi connectivity index (χ0) is 29.0. The molecule has 0 spiro atoms. The Kier molecular flexibility index (Phi) is 7.10. The number of aliphatic hydroxyl groups excluding tert-OH is 1. The van der Waals surface area contributed by atoms with Crippen molar-refractivity contribution in [1.29, 1.82) is 0 Å². The van der Waals surface area contributed by atoms with Crippen LogP contribution < -0.4 is 5.32 Å². The molecule has 41 heavy (non-hydrogen) atoms. The van der Waals surface area contributed by atoms with Crippen LogP contribution in [0, 0.1) is 12.7 Å². The zero-order valence-corrected chi connectivity index (χ0v) is 23.6. The lowest BCUT2D eigenvalue weighted by Gasteiger charge is -2.41. The van der Waals surface area contributed by atoms with Gasteiger partial charge in [0.15, 0.2) is 5.82 Å². The first-order valence-electron chi connectivity index (χ1n) is 13.6. The smallest absolute Gasteiger partial charge is 0.410 e. The van der Waals surface area contributed by atoms with E-state index in [0.717, 1.165) is 6.42 Å². The number of nitrogens with one attached hydrogen (secondary N) is 2. The van der Waals surface area contributed by atoms with Gasteiger partial charge in [0.2, 0.25) is 5.95 Å². The van der Waals surface area contributed by atoms with Crippen LogP contribution in [-0.2, 0) is 9.47 Å². The van der Waals surface area contributed by atoms with Gasteiger partial charge in [0.1, 0.15) is 11.3 Å². The van der Waals surface area contributed by atoms with Crippen molar-refractivity contribution in [3.8, 4) is 11.3 Å². The molecule has 14 heteroatoms. The van der Waals surface area contributed by atoms with Gasteiger partial charge < -0.3 is 29.8 Å². The fraction of sp³-hybridized carbons (Fsp3) is 0.519. The molecule has 1 aromatic carbocycles. The van der Waals surface area contributed by atoms with Crippen LogP contribution in [0.4, 0.5) is 19.9 Å². The number of aromatic nitrogens is 4. The summed E-state index contributed by atoms with van der Waals surface area (Å²) in [6, 6.07) is 0.541. The molecule has 0 radical (unpaired) electrons. The Balaban J connectivity index is 1.27. The second-order valence-corrected chi connectivity index (χ2v) is 11.2. The van der Waals surface area contributed by atoms with Gasteiger partial charge in [-0.05, 0) is 44.2 Å². The summed E-state index contributed by atoms with van der Waals surface area (Å²) in [4.78, 5) is 44.1. The molecular weight excluding hydrogens is 557 g/mol. The molecule has 6 rings (SSSR count). The molecule has 5 atom stereocenters. The topological polar surface area (TPSA) is 146 Å². The SMILES string of the molecule is COC(=O)N1CC[C@@H](c2nc3c(F)cc(-c4nc(N[C@@H]5C[C@H]6CC[C@@H]([C@H]5O)N6C(=O)OC)ncc4Cl)c(C)c3[nH]2)C1. The minimum atomic E-state index is -0.847. The lowest BCUT2D eigenvalue weighted by molar-refractivity contribution is 0.00613. The molecule has 0 unspecified atom stereocenters. The Hall–Kier alpha value is -3.71. The van der Waals surface area contributed by atoms with E-state index in [1.54, 1.807) is 9.80 Å². The maximum Gasteiger partial charge on any atom is 0.410 e. The number of methoxy groups -OCH3 is 2. The highest BCUT2D eigenvalue weighted by molar-refractivity contribution is 6.33. The Morgan fingerprint density at radius 2 is 1.98 bits per heavy atom. The fourth-order valence-corrected chi connectivity index (χ4v) is 6.69. The highest BCUT2D eigenvalue weighted by atomic mass is 35.5. The van der Waals surface area contributed by atoms with Gasteiger partial charge in [0.05, 0.1) is 54.8 Å². The average Bonchev–Trinajstić information content (AvgIpc) is 3.71. The van der Waals surface area contributed by atoms with Crippen LogP contribution in [0.2, 0.25) is 5.02 Å². The van der Waals surface area contributed by atoms with Gasteiger partial charge in [-0.25, -0.2) is 28.9 Å². The molecule has 2 bridgehead atoms. The van der Waals surface area contributed by atoms with E-state index >= 15 is 4.39 Å². The number of piperidine rings is 1. The number of nitrogens with zero attached hydrogens (tertiary/aromatic N) is 5. The van der Waals surface area contributed by atoms with Crippen molar-refractivity contribution < 1.29 is 28.6 Å². The van der Waals surface area contributed by atoms with Crippen LogP contribution in [0.5, 0.6) is 0 Å². The highest BCUT2D eigenvalue weighted by Crippen LogP contribution is 2.39. The molecule has 3 N–H and O–H groups in total. The van der Waals surface area contributed by atoms with Crippen molar-refractivity contribution in [2.24, 2.45) is 0 Å². The number of aliphatic hydroxyl groups is 1. The zero-order valence-electron chi connectivity index (χ0n) is 22.9. The summed E-state index contributed by atoms with van der Waals surface area (Å²) in [7, 11) is 2.68. The molecule has 0 saturated carbocycles. The monoisotopic (exact) mass is 587 g/mol. The van der Waals surface area contributed by atoms with Crippen molar-refractivity contribution in [3.63, 3.8) is 0 Å². The maximum absolute atomic E-state index is 15.4. The Morgan fingerprint density at radius 3 is 2.73 bits per heavy atom. The van der Waals surface area contributed by atoms with Gasteiger partial charge in [-0.15, -0.1) is 0 Å². The lowest BCUT2D eigenvalue weighted by Crippen LogP contribution is -2.58. The van der Waals surface area contributed by atoms with Crippen LogP contribution in [-0.4, -0.2) is 98.6 Å². The number of fused-ring (bicyclic) bond motifs is 3. The van der Waals surface area contributed by atoms with Crippen molar-refractivity contribution in [1.82, 2.24) is 29.7 Å². The molecule has 218 valence electrons. The van der Waals surface area contributed by atoms with Gasteiger partial charge in [-0.2, -0.15) is 0 Å². The third-order valence-electron chi connectivity index (χ3n) is 8.58. The maximum atomic E-state index is 15.4. The third-order valence-corrected chi connectivity index (χ3v) is 8.86. The molecule has 0 aliphatic carbocycles. The second-order valence-electron chi connectivity index (χ2n) is 10.8. The lowest BCUT2D eigenvalue weighted by atomic mass is 9.94. The van der Waals surface area contributed by atoms with Crippen molar-refractivity contribution in [3.05, 3.63) is 34.5 Å². The summed E-state index contributed by atoms with van der Waals surface area (Å²) >= 11 is 6.51. The number of H-pyrrole nitrogens is 1. The van der Waals surface area contributed by atoms with Crippen LogP contribution in [0.15, 0.2) is 12.3 Å². The number of imidazole rings is 1. The number of likely N-dealkylation sites (tertiary alicyclic amines) is 1. The third kappa shape index (κ3) is 4.70. The largest absolute Gasteiger partial charge is 0.453 e. The van der Waals surface area contributed by atoms with E-state index in [9.17, 15) is 14.7 Å². The van der Waals surface area contributed by atoms with Crippen molar-refractivity contribution in [2.45, 2.75) is 62.8 Å². The van der Waals surface area contributed by atoms with E-state index in [1.165, 1.54) is 26.5 Å². The van der Waals surface area contributed by atoms with E-state index < -0.39 is 30.1 Å². The number of benzene rings is 1. The average molecular weight is 588 g/mol. The predicted molar refractivity (Wildman–Crippen MR) is 147 cm³/mol. The van der Waals surface area contributed by atoms with Gasteiger partial charge in [0.25, 0.3) is 0 Å². The standard InChI is InChI=1S/C27H31ClFN7O5/c1-12-15(9-17(29)22-20(12)32-24(33-22)13-6-7-35(11-13)26(38)40-2)21-16(28)10-30-25(34-21)31-18-8-14-4-5-19(23(18)37)36(14)27(39)41-3/h9-10,13-14,18-19,23,37H,4-8,11H2,1-3H3,(H,32,33)(H,30,31,34)/t13-,14-,18-,19+,23+/m1/s1. The van der Waals surface area contributed by atoms with Gasteiger partial charge in [-0.1, -0.05) is 11.6 Å². The predicted octanol–water partition coefficient (Wildman–Crippen LogP) is 3.82. The molecular formula is C27H31ClFN7O5. The van der Waals surface area contributed by atoms with Gasteiger partial charge in [0, 0.05) is 30.6 Å². The van der Waals surface area contributed by atoms with E-state index in [4.69, 9.17) is 21.1 Å². The first-order valence-corrected chi connectivity index (χ1v) is 13.9. The van der Waals surface area contributed by atoms with Gasteiger partial charge >= 0.3 is 12.2 Å². The van der Waals surface area contributed by atoms with E-state index in [1.807, 2.05) is 6.92 Å². The number of aromatic amines is 1. The fourth-order valence-electron chi connectivity index (χ4n) is 6.50. The molecule has 2 amide bonds. The Labute approximate surface area is 240 Å². The Bertz CT molecular complexity index is 1520. The number of anilines is 1. The van der Waals surface area contributed by atoms with Crippen molar-refractivity contribution in [2.75, 3.05) is 32.6 Å². The number of rotatable bonds is 4. The summed E-state index contributed by atoms with van der Waals surface area (Å²) in [5.41, 5.74) is 2.25. The second kappa shape index (κ2) is 10.6. The number of aryl methyl sites for hydroxylation is 1. The number of hydrogen-bond acceptors (Lipinski definition) is 9. The molecule has 12 nitrogen and oxygen atoms in total. The van der Waals surface area contributed by atoms with Crippen molar-refractivity contribution >= 4 is 40.8 Å². The summed E-state index contributed by atoms with van der Waals surface area (Å²) in [6.45, 7) is 2.80. The van der Waals surface area contributed by atoms with E-state index in [-0.39, 0.29) is 34.5 Å². The summed E-state index contributed by atoms with van der Waals surface area (Å²) in [5, 5.41) is 14.5. The van der Waals surface area contributed by atoms with E-state index in [2.05, 4.69) is 25.3 Å². The number of halogens is 2. The van der Waals surface area contributed by atoms with Gasteiger partial charge in [-0.3, -0.25) is 4.90 Å². The normalized spacial score (nSPS) is 25.6. The first-order chi connectivity index (χ1) is 19.7. The molecule has 3 fully saturated rings. The Morgan fingerprint density at radius 1 is 1.20 bits per heavy atom. The molecule has 3 aliphatic heterocycles. The quantitative estimate of drug-likeness (QED) is 0.414. The minimum Gasteiger partial charge on any atom is -0.453 e. The van der Waals surface area contributed by atoms with Crippen LogP contribution in [0.1, 0.15) is 43.0 Å². The number of ether oxygens (including phenoxy) is 2. The molecule has 3 aromatic rings. The van der Waals surface area contributed by atoms with Crippen LogP contribution in [0.3, 0.4) is 0 Å². The molecule has 3 aliphatic rings. The highest BCUT2D eigenvalue weighted by Gasteiger charge is 2.49. The molecule has 3 saturated heterocycles. The summed E-state index contributed by atoms with van der Waals surface area (Å²) < 4.78 is 25.1. The first kappa shape index (κ1) is 27.5.